The standard InChI is InChI=1S/C12H20N2OS/c1-3-4-5-11(13)12(15)14-6-10-8-16-7-9(10)2/h7-8,11H,3-6,13H2,1-2H3,(H,14,15). The molecule has 1 amide bonds. The number of aryl methyl sites for hydroxylation is 1. The van der Waals surface area contributed by atoms with E-state index in [1.165, 1.54) is 11.1 Å². The summed E-state index contributed by atoms with van der Waals surface area (Å²) in [6, 6.07) is -0.362. The zero-order chi connectivity index (χ0) is 12.0. The molecule has 1 rings (SSSR count). The summed E-state index contributed by atoms with van der Waals surface area (Å²) < 4.78 is 0. The highest BCUT2D eigenvalue weighted by atomic mass is 32.1. The van der Waals surface area contributed by atoms with Gasteiger partial charge in [0.05, 0.1) is 6.04 Å². The Balaban J connectivity index is 2.32. The Morgan fingerprint density at radius 3 is 2.88 bits per heavy atom. The SMILES string of the molecule is CCCCC(N)C(=O)NCc1cscc1C. The maximum Gasteiger partial charge on any atom is 0.237 e. The summed E-state index contributed by atoms with van der Waals surface area (Å²) >= 11 is 1.66. The van der Waals surface area contributed by atoms with Crippen LogP contribution >= 0.6 is 11.3 Å². The summed E-state index contributed by atoms with van der Waals surface area (Å²) in [5.74, 6) is -0.0425. The molecule has 0 aliphatic heterocycles. The van der Waals surface area contributed by atoms with E-state index in [-0.39, 0.29) is 11.9 Å². The molecule has 0 spiro atoms. The van der Waals surface area contributed by atoms with Crippen LogP contribution in [0, 0.1) is 6.92 Å². The Bertz CT molecular complexity index is 336. The van der Waals surface area contributed by atoms with Crippen LogP contribution < -0.4 is 11.1 Å². The average Bonchev–Trinajstić information content (AvgIpc) is 2.68. The van der Waals surface area contributed by atoms with Crippen molar-refractivity contribution in [3.63, 3.8) is 0 Å². The first-order valence-corrected chi connectivity index (χ1v) is 6.64. The van der Waals surface area contributed by atoms with Gasteiger partial charge in [-0.25, -0.2) is 0 Å². The van der Waals surface area contributed by atoms with Gasteiger partial charge in [-0.15, -0.1) is 0 Å². The number of thiophene rings is 1. The topological polar surface area (TPSA) is 55.1 Å². The fourth-order valence-electron chi connectivity index (χ4n) is 1.44. The normalized spacial score (nSPS) is 12.4. The average molecular weight is 240 g/mol. The minimum Gasteiger partial charge on any atom is -0.351 e. The smallest absolute Gasteiger partial charge is 0.237 e. The molecule has 0 aliphatic rings. The van der Waals surface area contributed by atoms with E-state index in [9.17, 15) is 4.79 Å². The van der Waals surface area contributed by atoms with Gasteiger partial charge >= 0.3 is 0 Å². The second-order valence-electron chi connectivity index (χ2n) is 4.05. The molecule has 0 radical (unpaired) electrons. The summed E-state index contributed by atoms with van der Waals surface area (Å²) in [6.07, 6.45) is 2.85. The van der Waals surface area contributed by atoms with Gasteiger partial charge in [0.15, 0.2) is 0 Å². The van der Waals surface area contributed by atoms with Crippen molar-refractivity contribution in [2.75, 3.05) is 0 Å². The van der Waals surface area contributed by atoms with E-state index in [0.29, 0.717) is 6.54 Å². The van der Waals surface area contributed by atoms with Crippen LogP contribution in [0.1, 0.15) is 37.3 Å². The van der Waals surface area contributed by atoms with Gasteiger partial charge in [0.1, 0.15) is 0 Å². The first-order valence-electron chi connectivity index (χ1n) is 5.70. The molecule has 3 N–H and O–H groups in total. The lowest BCUT2D eigenvalue weighted by atomic mass is 10.1. The molecule has 16 heavy (non-hydrogen) atoms. The Morgan fingerprint density at radius 2 is 2.31 bits per heavy atom. The number of hydrogen-bond acceptors (Lipinski definition) is 3. The summed E-state index contributed by atoms with van der Waals surface area (Å²) in [5.41, 5.74) is 8.18. The lowest BCUT2D eigenvalue weighted by molar-refractivity contribution is -0.122. The van der Waals surface area contributed by atoms with Crippen molar-refractivity contribution < 1.29 is 4.79 Å². The quantitative estimate of drug-likeness (QED) is 0.801. The summed E-state index contributed by atoms with van der Waals surface area (Å²) in [7, 11) is 0. The maximum absolute atomic E-state index is 11.6. The van der Waals surface area contributed by atoms with Gasteiger partial charge in [-0.05, 0) is 35.2 Å². The number of carbonyl (C=O) groups is 1. The molecule has 1 atom stereocenters. The van der Waals surface area contributed by atoms with E-state index >= 15 is 0 Å². The molecule has 1 aromatic rings. The molecule has 0 aromatic carbocycles. The third kappa shape index (κ3) is 3.94. The molecule has 4 heteroatoms. The van der Waals surface area contributed by atoms with Crippen molar-refractivity contribution in [1.82, 2.24) is 5.32 Å². The highest BCUT2D eigenvalue weighted by molar-refractivity contribution is 7.08. The fourth-order valence-corrected chi connectivity index (χ4v) is 2.29. The number of hydrogen-bond donors (Lipinski definition) is 2. The third-order valence-electron chi connectivity index (χ3n) is 2.62. The van der Waals surface area contributed by atoms with E-state index < -0.39 is 0 Å². The number of nitrogens with two attached hydrogens (primary N) is 1. The molecule has 0 aliphatic carbocycles. The number of amides is 1. The van der Waals surface area contributed by atoms with Gasteiger partial charge in [0.25, 0.3) is 0 Å². The second-order valence-corrected chi connectivity index (χ2v) is 4.79. The zero-order valence-electron chi connectivity index (χ0n) is 9.95. The highest BCUT2D eigenvalue weighted by Crippen LogP contribution is 2.13. The predicted molar refractivity (Wildman–Crippen MR) is 68.4 cm³/mol. The highest BCUT2D eigenvalue weighted by Gasteiger charge is 2.12. The van der Waals surface area contributed by atoms with Crippen LogP contribution in [0.25, 0.3) is 0 Å². The van der Waals surface area contributed by atoms with Gasteiger partial charge in [0, 0.05) is 6.54 Å². The molecule has 0 fully saturated rings. The van der Waals surface area contributed by atoms with Gasteiger partial charge in [-0.1, -0.05) is 19.8 Å². The molecule has 1 unspecified atom stereocenters. The largest absolute Gasteiger partial charge is 0.351 e. The van der Waals surface area contributed by atoms with Crippen molar-refractivity contribution in [3.05, 3.63) is 21.9 Å². The van der Waals surface area contributed by atoms with Crippen LogP contribution in [-0.4, -0.2) is 11.9 Å². The van der Waals surface area contributed by atoms with Crippen LogP contribution in [0.3, 0.4) is 0 Å². The minimum absolute atomic E-state index is 0.0425. The molecule has 0 bridgehead atoms. The minimum atomic E-state index is -0.362. The number of rotatable bonds is 6. The van der Waals surface area contributed by atoms with Crippen LogP contribution in [0.5, 0.6) is 0 Å². The van der Waals surface area contributed by atoms with E-state index in [2.05, 4.69) is 29.9 Å². The summed E-state index contributed by atoms with van der Waals surface area (Å²) in [5, 5.41) is 7.02. The second kappa shape index (κ2) is 6.66. The van der Waals surface area contributed by atoms with Gasteiger partial charge in [-0.3, -0.25) is 4.79 Å². The van der Waals surface area contributed by atoms with Crippen molar-refractivity contribution in [3.8, 4) is 0 Å². The third-order valence-corrected chi connectivity index (χ3v) is 3.53. The van der Waals surface area contributed by atoms with E-state index in [1.807, 2.05) is 0 Å². The van der Waals surface area contributed by atoms with Gasteiger partial charge in [-0.2, -0.15) is 11.3 Å². The predicted octanol–water partition coefficient (Wildman–Crippen LogP) is 2.19. The fraction of sp³-hybridized carbons (Fsp3) is 0.583. The Morgan fingerprint density at radius 1 is 1.56 bits per heavy atom. The molecule has 1 heterocycles. The lowest BCUT2D eigenvalue weighted by Gasteiger charge is -2.11. The number of unbranched alkanes of at least 4 members (excludes halogenated alkanes) is 1. The monoisotopic (exact) mass is 240 g/mol. The summed E-state index contributed by atoms with van der Waals surface area (Å²) in [4.78, 5) is 11.6. The molecule has 0 saturated heterocycles. The van der Waals surface area contributed by atoms with Crippen molar-refractivity contribution in [1.29, 1.82) is 0 Å². The van der Waals surface area contributed by atoms with E-state index in [1.54, 1.807) is 11.3 Å². The van der Waals surface area contributed by atoms with Crippen molar-refractivity contribution in [2.24, 2.45) is 5.73 Å². The summed E-state index contributed by atoms with van der Waals surface area (Å²) in [6.45, 7) is 4.74. The molecule has 0 saturated carbocycles. The number of carbonyl (C=O) groups excluding carboxylic acids is 1. The first-order chi connectivity index (χ1) is 7.65. The zero-order valence-corrected chi connectivity index (χ0v) is 10.8. The number of nitrogens with one attached hydrogen (secondary N) is 1. The Hall–Kier alpha value is -0.870. The van der Waals surface area contributed by atoms with Crippen LogP contribution in [0.4, 0.5) is 0 Å². The van der Waals surface area contributed by atoms with Gasteiger partial charge < -0.3 is 11.1 Å². The Labute approximate surface area is 101 Å². The Kier molecular flexibility index (Phi) is 5.49. The van der Waals surface area contributed by atoms with E-state index in [4.69, 9.17) is 5.73 Å². The van der Waals surface area contributed by atoms with Gasteiger partial charge in [0.2, 0.25) is 5.91 Å². The maximum atomic E-state index is 11.6. The molecular weight excluding hydrogens is 220 g/mol. The van der Waals surface area contributed by atoms with Crippen molar-refractivity contribution >= 4 is 17.2 Å². The van der Waals surface area contributed by atoms with Crippen LogP contribution in [-0.2, 0) is 11.3 Å². The molecule has 1 aromatic heterocycles. The van der Waals surface area contributed by atoms with Crippen molar-refractivity contribution in [2.45, 2.75) is 45.7 Å². The van der Waals surface area contributed by atoms with Crippen LogP contribution in [0.15, 0.2) is 10.8 Å². The molecule has 3 nitrogen and oxygen atoms in total. The lowest BCUT2D eigenvalue weighted by Crippen LogP contribution is -2.40. The van der Waals surface area contributed by atoms with E-state index in [0.717, 1.165) is 19.3 Å². The van der Waals surface area contributed by atoms with Crippen LogP contribution in [0.2, 0.25) is 0 Å². The molecule has 90 valence electrons. The first kappa shape index (κ1) is 13.2. The molecular formula is C12H20N2OS.